The van der Waals surface area contributed by atoms with E-state index in [9.17, 15) is 4.79 Å². The topological polar surface area (TPSA) is 29.4 Å². The molecule has 0 aliphatic heterocycles. The Morgan fingerprint density at radius 3 is 2.38 bits per heavy atom. The Balaban J connectivity index is 2.48. The highest BCUT2D eigenvalue weighted by atomic mass is 16.1. The maximum atomic E-state index is 9.65. The third-order valence-corrected chi connectivity index (χ3v) is 1.67. The Kier molecular flexibility index (Phi) is 0.983. The summed E-state index contributed by atoms with van der Waals surface area (Å²) in [6.07, 6.45) is 2.60. The Bertz CT molecular complexity index is 145. The van der Waals surface area contributed by atoms with Crippen LogP contribution in [0.1, 0.15) is 20.3 Å². The summed E-state index contributed by atoms with van der Waals surface area (Å²) < 4.78 is 0. The van der Waals surface area contributed by atoms with Crippen molar-refractivity contribution in [3.63, 3.8) is 0 Å². The standard InChI is InChI=1S/C6H9NO/c1-6(2)3-5(6)7-4-8/h5H,3H2,1-2H3/t5-/m1/s1. The van der Waals surface area contributed by atoms with E-state index in [1.165, 1.54) is 0 Å². The lowest BCUT2D eigenvalue weighted by Gasteiger charge is -1.91. The van der Waals surface area contributed by atoms with Crippen molar-refractivity contribution >= 4 is 6.08 Å². The fourth-order valence-electron chi connectivity index (χ4n) is 0.723. The zero-order valence-electron chi connectivity index (χ0n) is 5.14. The first-order chi connectivity index (χ1) is 3.67. The lowest BCUT2D eigenvalue weighted by molar-refractivity contribution is 0.557. The van der Waals surface area contributed by atoms with Crippen molar-refractivity contribution in [2.24, 2.45) is 10.4 Å². The van der Waals surface area contributed by atoms with E-state index in [0.717, 1.165) is 6.42 Å². The third kappa shape index (κ3) is 0.797. The van der Waals surface area contributed by atoms with Crippen molar-refractivity contribution in [1.29, 1.82) is 0 Å². The van der Waals surface area contributed by atoms with Crippen LogP contribution in [0.4, 0.5) is 0 Å². The van der Waals surface area contributed by atoms with Crippen LogP contribution in [0.25, 0.3) is 0 Å². The van der Waals surface area contributed by atoms with Crippen molar-refractivity contribution in [3.8, 4) is 0 Å². The first-order valence-corrected chi connectivity index (χ1v) is 2.74. The van der Waals surface area contributed by atoms with Crippen LogP contribution >= 0.6 is 0 Å². The van der Waals surface area contributed by atoms with E-state index >= 15 is 0 Å². The van der Waals surface area contributed by atoms with Gasteiger partial charge in [0.25, 0.3) is 0 Å². The van der Waals surface area contributed by atoms with E-state index in [1.54, 1.807) is 6.08 Å². The van der Waals surface area contributed by atoms with Crippen molar-refractivity contribution in [1.82, 2.24) is 0 Å². The quantitative estimate of drug-likeness (QED) is 0.368. The third-order valence-electron chi connectivity index (χ3n) is 1.67. The van der Waals surface area contributed by atoms with E-state index in [2.05, 4.69) is 18.8 Å². The molecule has 1 aliphatic rings. The minimum atomic E-state index is 0.264. The van der Waals surface area contributed by atoms with Gasteiger partial charge in [0, 0.05) is 0 Å². The smallest absolute Gasteiger partial charge is 0.211 e. The average molecular weight is 111 g/mol. The van der Waals surface area contributed by atoms with Crippen LogP contribution in [-0.2, 0) is 4.79 Å². The number of aliphatic imine (C=N–C) groups is 1. The second-order valence-electron chi connectivity index (χ2n) is 2.93. The van der Waals surface area contributed by atoms with Crippen LogP contribution < -0.4 is 0 Å². The molecule has 0 saturated heterocycles. The molecular formula is C6H9NO. The van der Waals surface area contributed by atoms with Crippen LogP contribution in [0.3, 0.4) is 0 Å². The molecule has 44 valence electrons. The molecule has 0 radical (unpaired) electrons. The van der Waals surface area contributed by atoms with Gasteiger partial charge in [0.2, 0.25) is 6.08 Å². The molecule has 1 rings (SSSR count). The molecule has 0 spiro atoms. The number of hydrogen-bond donors (Lipinski definition) is 0. The Hall–Kier alpha value is -0.620. The van der Waals surface area contributed by atoms with Gasteiger partial charge in [-0.1, -0.05) is 13.8 Å². The number of rotatable bonds is 1. The van der Waals surface area contributed by atoms with E-state index in [1.807, 2.05) is 0 Å². The highest BCUT2D eigenvalue weighted by Crippen LogP contribution is 2.46. The largest absolute Gasteiger partial charge is 0.235 e. The summed E-state index contributed by atoms with van der Waals surface area (Å²) in [6.45, 7) is 4.19. The summed E-state index contributed by atoms with van der Waals surface area (Å²) in [5, 5.41) is 0. The zero-order chi connectivity index (χ0) is 6.20. The average Bonchev–Trinajstić information content (AvgIpc) is 2.15. The highest BCUT2D eigenvalue weighted by molar-refractivity contribution is 5.35. The minimum Gasteiger partial charge on any atom is -0.211 e. The van der Waals surface area contributed by atoms with Gasteiger partial charge in [-0.2, -0.15) is 0 Å². The summed E-state index contributed by atoms with van der Waals surface area (Å²) in [7, 11) is 0. The van der Waals surface area contributed by atoms with Gasteiger partial charge in [0.1, 0.15) is 0 Å². The van der Waals surface area contributed by atoms with Crippen LogP contribution in [0.5, 0.6) is 0 Å². The van der Waals surface area contributed by atoms with Crippen LogP contribution in [0.2, 0.25) is 0 Å². The lowest BCUT2D eigenvalue weighted by atomic mass is 10.2. The van der Waals surface area contributed by atoms with E-state index in [-0.39, 0.29) is 11.5 Å². The van der Waals surface area contributed by atoms with Gasteiger partial charge in [-0.15, -0.1) is 0 Å². The zero-order valence-corrected chi connectivity index (χ0v) is 5.14. The molecule has 0 amide bonds. The molecule has 1 atom stereocenters. The number of nitrogens with zero attached hydrogens (tertiary/aromatic N) is 1. The lowest BCUT2D eigenvalue weighted by Crippen LogP contribution is -1.89. The fraction of sp³-hybridized carbons (Fsp3) is 0.833. The first kappa shape index (κ1) is 5.52. The fourth-order valence-corrected chi connectivity index (χ4v) is 0.723. The number of hydrogen-bond acceptors (Lipinski definition) is 2. The van der Waals surface area contributed by atoms with E-state index in [4.69, 9.17) is 0 Å². The minimum absolute atomic E-state index is 0.264. The molecule has 0 heterocycles. The van der Waals surface area contributed by atoms with Gasteiger partial charge in [-0.05, 0) is 11.8 Å². The number of isocyanates is 1. The summed E-state index contributed by atoms with van der Waals surface area (Å²) in [4.78, 5) is 13.2. The highest BCUT2D eigenvalue weighted by Gasteiger charge is 2.45. The predicted octanol–water partition coefficient (Wildman–Crippen LogP) is 1.12. The van der Waals surface area contributed by atoms with Crippen LogP contribution in [0, 0.1) is 5.41 Å². The summed E-state index contributed by atoms with van der Waals surface area (Å²) >= 11 is 0. The molecule has 0 N–H and O–H groups in total. The van der Waals surface area contributed by atoms with Crippen molar-refractivity contribution < 1.29 is 4.79 Å². The first-order valence-electron chi connectivity index (χ1n) is 2.74. The SMILES string of the molecule is CC1(C)C[C@H]1N=C=O. The second-order valence-corrected chi connectivity index (χ2v) is 2.93. The molecule has 1 fully saturated rings. The summed E-state index contributed by atoms with van der Waals surface area (Å²) in [6, 6.07) is 0.264. The second kappa shape index (κ2) is 1.43. The Morgan fingerprint density at radius 1 is 1.75 bits per heavy atom. The molecule has 0 aromatic rings. The van der Waals surface area contributed by atoms with Crippen molar-refractivity contribution in [3.05, 3.63) is 0 Å². The van der Waals surface area contributed by atoms with Crippen LogP contribution in [0.15, 0.2) is 4.99 Å². The van der Waals surface area contributed by atoms with Gasteiger partial charge in [-0.3, -0.25) is 0 Å². The van der Waals surface area contributed by atoms with Gasteiger partial charge in [0.05, 0.1) is 6.04 Å². The summed E-state index contributed by atoms with van der Waals surface area (Å²) in [5.41, 5.74) is 0.289. The molecule has 8 heavy (non-hydrogen) atoms. The van der Waals surface area contributed by atoms with E-state index < -0.39 is 0 Å². The van der Waals surface area contributed by atoms with Gasteiger partial charge < -0.3 is 0 Å². The van der Waals surface area contributed by atoms with Crippen molar-refractivity contribution in [2.45, 2.75) is 26.3 Å². The number of carbonyl (C=O) groups excluding carboxylic acids is 1. The normalized spacial score (nSPS) is 31.0. The maximum absolute atomic E-state index is 9.65. The molecule has 0 aromatic heterocycles. The molecule has 0 bridgehead atoms. The summed E-state index contributed by atoms with van der Waals surface area (Å²) in [5.74, 6) is 0. The molecule has 2 nitrogen and oxygen atoms in total. The Morgan fingerprint density at radius 2 is 2.25 bits per heavy atom. The molecular weight excluding hydrogens is 102 g/mol. The van der Waals surface area contributed by atoms with Gasteiger partial charge in [0.15, 0.2) is 0 Å². The monoisotopic (exact) mass is 111 g/mol. The molecule has 0 aromatic carbocycles. The predicted molar refractivity (Wildman–Crippen MR) is 30.3 cm³/mol. The van der Waals surface area contributed by atoms with E-state index in [0.29, 0.717) is 0 Å². The van der Waals surface area contributed by atoms with Gasteiger partial charge in [-0.25, -0.2) is 9.79 Å². The molecule has 1 aliphatic carbocycles. The molecule has 1 saturated carbocycles. The van der Waals surface area contributed by atoms with Crippen LogP contribution in [-0.4, -0.2) is 12.1 Å². The molecule has 0 unspecified atom stereocenters. The van der Waals surface area contributed by atoms with Crippen molar-refractivity contribution in [2.75, 3.05) is 0 Å². The maximum Gasteiger partial charge on any atom is 0.235 e. The molecule has 2 heteroatoms. The van der Waals surface area contributed by atoms with Gasteiger partial charge >= 0.3 is 0 Å². The Labute approximate surface area is 48.6 Å².